The average Bonchev–Trinajstić information content (AvgIpc) is 1.46. The summed E-state index contributed by atoms with van der Waals surface area (Å²) in [6, 6.07) is 41.8. The van der Waals surface area contributed by atoms with Gasteiger partial charge < -0.3 is 4.74 Å². The van der Waals surface area contributed by atoms with Crippen LogP contribution in [0, 0.1) is 0 Å². The lowest BCUT2D eigenvalue weighted by molar-refractivity contribution is 0.332. The molecule has 0 N–H and O–H groups in total. The van der Waals surface area contributed by atoms with Crippen LogP contribution >= 0.6 is 0 Å². The lowest BCUT2D eigenvalue weighted by atomic mass is 9.61. The summed E-state index contributed by atoms with van der Waals surface area (Å²) in [6.07, 6.45) is 4.09. The first kappa shape index (κ1) is 45.4. The minimum atomic E-state index is -0.467. The van der Waals surface area contributed by atoms with Gasteiger partial charge in [-0.1, -0.05) is 214 Å². The van der Waals surface area contributed by atoms with Crippen molar-refractivity contribution in [1.29, 1.82) is 0 Å². The number of nitrogens with zero attached hydrogens (tertiary/aromatic N) is 4. The van der Waals surface area contributed by atoms with Gasteiger partial charge in [0, 0.05) is 52.4 Å². The van der Waals surface area contributed by atoms with Crippen molar-refractivity contribution in [2.75, 3.05) is 0 Å². The third-order valence-corrected chi connectivity index (χ3v) is 17.3. The number of benzene rings is 8. The fraction of sp³-hybridized carbons (Fsp3) is 0.308. The first-order chi connectivity index (χ1) is 42.9. The van der Waals surface area contributed by atoms with Crippen LogP contribution in [0.5, 0.6) is 11.5 Å². The van der Waals surface area contributed by atoms with Crippen molar-refractivity contribution in [2.45, 2.75) is 156 Å². The average molecular weight is 1100 g/mol. The topological polar surface area (TPSA) is 33.1 Å². The van der Waals surface area contributed by atoms with E-state index < -0.39 is 23.5 Å². The zero-order chi connectivity index (χ0) is 66.6. The van der Waals surface area contributed by atoms with Gasteiger partial charge in [-0.2, -0.15) is 0 Å². The highest BCUT2D eigenvalue weighted by Crippen LogP contribution is 2.52. The molecule has 1 aliphatic heterocycles. The van der Waals surface area contributed by atoms with Crippen molar-refractivity contribution in [3.8, 4) is 50.7 Å². The van der Waals surface area contributed by atoms with Crippen LogP contribution in [0.1, 0.15) is 169 Å². The van der Waals surface area contributed by atoms with E-state index in [0.29, 0.717) is 56.1 Å². The van der Waals surface area contributed by atoms with Gasteiger partial charge in [0.2, 0.25) is 11.4 Å². The van der Waals surface area contributed by atoms with Gasteiger partial charge in [-0.25, -0.2) is 4.98 Å². The molecule has 2 aliphatic rings. The van der Waals surface area contributed by atoms with E-state index in [0.717, 1.165) is 68.7 Å². The second kappa shape index (κ2) is 19.8. The minimum Gasteiger partial charge on any atom is -0.457 e. The molecule has 83 heavy (non-hydrogen) atoms. The predicted octanol–water partition coefficient (Wildman–Crippen LogP) is 21.4. The van der Waals surface area contributed by atoms with Crippen LogP contribution in [0.3, 0.4) is 0 Å². The molecule has 1 aliphatic carbocycles. The normalized spacial score (nSPS) is 16.6. The number of para-hydroxylation sites is 4. The first-order valence-corrected chi connectivity index (χ1v) is 29.2. The van der Waals surface area contributed by atoms with Crippen LogP contribution in [-0.4, -0.2) is 15.6 Å². The smallest absolute Gasteiger partial charge is 0.457 e. The highest BCUT2D eigenvalue weighted by molar-refractivity contribution is 6.09. The van der Waals surface area contributed by atoms with Crippen molar-refractivity contribution in [2.24, 2.45) is 0 Å². The quantitative estimate of drug-likeness (QED) is 0.142. The summed E-state index contributed by atoms with van der Waals surface area (Å²) in [4.78, 5) is 5.29. The molecule has 418 valence electrons. The summed E-state index contributed by atoms with van der Waals surface area (Å²) in [5, 5.41) is 1.00. The van der Waals surface area contributed by atoms with E-state index in [1.165, 1.54) is 11.1 Å². The van der Waals surface area contributed by atoms with E-state index in [4.69, 9.17) is 16.6 Å². The Hall–Kier alpha value is -8.11. The van der Waals surface area contributed by atoms with Gasteiger partial charge in [0.15, 0.2) is 0 Å². The number of pyridine rings is 1. The van der Waals surface area contributed by atoms with Crippen molar-refractivity contribution < 1.29 is 17.1 Å². The van der Waals surface area contributed by atoms with Gasteiger partial charge >= 0.3 is 6.01 Å². The minimum absolute atomic E-state index is 0.00785. The maximum absolute atomic E-state index is 9.54. The lowest BCUT2D eigenvalue weighted by Crippen LogP contribution is -2.34. The van der Waals surface area contributed by atoms with Crippen LogP contribution in [-0.2, 0) is 32.5 Å². The molecule has 5 nitrogen and oxygen atoms in total. The molecule has 0 amide bonds. The van der Waals surface area contributed by atoms with Crippen molar-refractivity contribution in [1.82, 2.24) is 18.7 Å². The Kier molecular flexibility index (Phi) is 10.8. The zero-order valence-corrected chi connectivity index (χ0v) is 51.2. The molecule has 12 rings (SSSR count). The molecular weight excluding hydrogens is 1010 g/mol. The summed E-state index contributed by atoms with van der Waals surface area (Å²) in [7, 11) is 0. The Balaban J connectivity index is 1.08. The predicted molar refractivity (Wildman–Crippen MR) is 352 cm³/mol. The Bertz CT molecular complexity index is 4800. The Labute approximate surface area is 506 Å². The second-order valence-electron chi connectivity index (χ2n) is 28.4. The molecule has 10 aromatic rings. The van der Waals surface area contributed by atoms with E-state index in [2.05, 4.69) is 165 Å². The lowest BCUT2D eigenvalue weighted by Gasteiger charge is -2.43. The molecule has 0 spiro atoms. The third-order valence-electron chi connectivity index (χ3n) is 17.3. The summed E-state index contributed by atoms with van der Waals surface area (Å²) < 4.78 is 94.9. The van der Waals surface area contributed by atoms with Crippen molar-refractivity contribution in [3.05, 3.63) is 215 Å². The Morgan fingerprint density at radius 2 is 1.13 bits per heavy atom. The molecule has 0 unspecified atom stereocenters. The van der Waals surface area contributed by atoms with E-state index >= 15 is 0 Å². The molecule has 0 atom stereocenters. The number of hydrogen-bond donors (Lipinski definition) is 0. The highest BCUT2D eigenvalue weighted by atomic mass is 16.5. The molecular formula is C78H82N4O+2. The SMILES string of the molecule is [2H]c1c([2H])c([2H])c(-c2cccc(-c3cc(C(C)(C)C)cc(C(C)(C)C)c3)c2[N+]2=C=[N+](c3ccc(C(C)(C)C)c(Oc4ccc5c6c([2H])c([2H])c([2H])c([2H])c6n(-c6cc(C(C)(C)C)c(-c7cccc8c7C(C)(C)CCC8(C)C)cn6)c5c4)c3)c3ccccc32)c([2H])c1[2H]. The van der Waals surface area contributed by atoms with Gasteiger partial charge in [0.05, 0.1) is 40.6 Å². The van der Waals surface area contributed by atoms with Crippen molar-refractivity contribution in [3.63, 3.8) is 0 Å². The monoisotopic (exact) mass is 1100 g/mol. The van der Waals surface area contributed by atoms with Crippen LogP contribution in [0.4, 0.5) is 22.7 Å². The molecule has 0 fully saturated rings. The molecule has 8 aromatic carbocycles. The van der Waals surface area contributed by atoms with Gasteiger partial charge in [0.25, 0.3) is 11.4 Å². The number of ether oxygens (including phenoxy) is 1. The van der Waals surface area contributed by atoms with E-state index in [1.807, 2.05) is 92.7 Å². The second-order valence-corrected chi connectivity index (χ2v) is 28.4. The van der Waals surface area contributed by atoms with E-state index in [1.54, 1.807) is 0 Å². The molecule has 3 heterocycles. The molecule has 5 heteroatoms. The number of aromatic nitrogens is 2. The number of hydrogen-bond acceptors (Lipinski definition) is 2. The molecule has 0 bridgehead atoms. The van der Waals surface area contributed by atoms with Crippen LogP contribution in [0.25, 0.3) is 61.0 Å². The summed E-state index contributed by atoms with van der Waals surface area (Å²) in [5.74, 6) is 1.54. The highest BCUT2D eigenvalue weighted by Gasteiger charge is 2.42. The number of rotatable bonds is 8. The standard InChI is InChI=1S/C78H82N4O/c1-73(2,3)52-42-51(43-53(44-52)74(4,5)6)57-30-24-29-56(50-26-18-17-19-27-50)72(57)81-49-80(66-34-22-23-35-67(66)81)54-36-39-62(75(7,8)9)69(45-54)83-55-37-38-59-58-28-20-21-33-65(58)82(68(59)46-55)70-47-64(76(10,11)12)61(48-79-70)60-31-25-32-63-71(60)78(15,16)41-40-77(63,13)14/h17-39,42-48H,40-41H2,1-16H3/q+2/i17D,18D,19D,20D,21D,26D,27D,28D,33D. The van der Waals surface area contributed by atoms with Gasteiger partial charge in [-0.05, 0) is 141 Å². The fourth-order valence-corrected chi connectivity index (χ4v) is 12.5. The van der Waals surface area contributed by atoms with Crippen LogP contribution < -0.4 is 13.9 Å². The molecule has 2 aromatic heterocycles. The molecule has 0 saturated heterocycles. The number of fused-ring (bicyclic) bond motifs is 5. The fourth-order valence-electron chi connectivity index (χ4n) is 12.5. The van der Waals surface area contributed by atoms with Gasteiger partial charge in [0.1, 0.15) is 17.3 Å². The van der Waals surface area contributed by atoms with Gasteiger partial charge in [-0.3, -0.25) is 4.57 Å². The molecule has 0 radical (unpaired) electrons. The van der Waals surface area contributed by atoms with E-state index in [9.17, 15) is 5.48 Å². The van der Waals surface area contributed by atoms with Gasteiger partial charge in [-0.15, -0.1) is 0 Å². The summed E-state index contributed by atoms with van der Waals surface area (Å²) in [6.45, 7) is 35.5. The van der Waals surface area contributed by atoms with Crippen molar-refractivity contribution >= 4 is 50.6 Å². The van der Waals surface area contributed by atoms with Crippen LogP contribution in [0.2, 0.25) is 0 Å². The summed E-state index contributed by atoms with van der Waals surface area (Å²) >= 11 is 0. The zero-order valence-electron chi connectivity index (χ0n) is 60.2. The van der Waals surface area contributed by atoms with Crippen LogP contribution in [0.15, 0.2) is 182 Å². The largest absolute Gasteiger partial charge is 0.503 e. The third kappa shape index (κ3) is 9.95. The maximum Gasteiger partial charge on any atom is 0.503 e. The first-order valence-electron chi connectivity index (χ1n) is 33.7. The van der Waals surface area contributed by atoms with E-state index in [-0.39, 0.29) is 68.9 Å². The Morgan fingerprint density at radius 3 is 1.81 bits per heavy atom. The Morgan fingerprint density at radius 1 is 0.518 bits per heavy atom. The summed E-state index contributed by atoms with van der Waals surface area (Å²) in [5.41, 5.74) is 13.7. The molecule has 0 saturated carbocycles. The maximum atomic E-state index is 9.54.